The first-order chi connectivity index (χ1) is 8.00. The lowest BCUT2D eigenvalue weighted by molar-refractivity contribution is 0.0687. The van der Waals surface area contributed by atoms with Crippen LogP contribution in [0.15, 0.2) is 24.3 Å². The highest BCUT2D eigenvalue weighted by atomic mass is 16.4. The highest BCUT2D eigenvalue weighted by molar-refractivity contribution is 5.88. The van der Waals surface area contributed by atoms with Crippen LogP contribution >= 0.6 is 0 Å². The number of carboxylic acids is 1. The Morgan fingerprint density at radius 1 is 1.18 bits per heavy atom. The normalized spacial score (nSPS) is 10.5. The third-order valence-electron chi connectivity index (χ3n) is 2.71. The van der Waals surface area contributed by atoms with Crippen LogP contribution in [-0.4, -0.2) is 20.6 Å². The van der Waals surface area contributed by atoms with Crippen LogP contribution in [-0.2, 0) is 0 Å². The number of rotatable bonds is 2. The van der Waals surface area contributed by atoms with Gasteiger partial charge < -0.3 is 5.11 Å². The van der Waals surface area contributed by atoms with Gasteiger partial charge in [0.25, 0.3) is 0 Å². The zero-order valence-corrected chi connectivity index (χ0v) is 10.1. The Bertz CT molecular complexity index is 568. The molecule has 0 saturated carbocycles. The summed E-state index contributed by atoms with van der Waals surface area (Å²) in [6, 6.07) is 7.71. The van der Waals surface area contributed by atoms with Crippen LogP contribution in [0.1, 0.15) is 27.6 Å². The average molecular weight is 230 g/mol. The molecule has 0 aliphatic rings. The van der Waals surface area contributed by atoms with Crippen LogP contribution < -0.4 is 0 Å². The smallest absolute Gasteiger partial charge is 0.354 e. The lowest BCUT2D eigenvalue weighted by atomic mass is 10.2. The fraction of sp³-hybridized carbons (Fsp3) is 0.231. The molecule has 0 saturated heterocycles. The van der Waals surface area contributed by atoms with E-state index in [9.17, 15) is 9.90 Å². The highest BCUT2D eigenvalue weighted by Gasteiger charge is 2.18. The molecule has 1 heterocycles. The molecule has 88 valence electrons. The maximum Gasteiger partial charge on any atom is 0.354 e. The first-order valence-corrected chi connectivity index (χ1v) is 5.37. The van der Waals surface area contributed by atoms with Gasteiger partial charge in [-0.3, -0.25) is 4.57 Å². The molecule has 17 heavy (non-hydrogen) atoms. The number of hydrogen-bond acceptors (Lipinski definition) is 2. The summed E-state index contributed by atoms with van der Waals surface area (Å²) in [6.45, 7) is 5.51. The molecule has 0 bridgehead atoms. The lowest BCUT2D eigenvalue weighted by Crippen LogP contribution is -2.09. The number of carboxylic acid groups (broad SMARTS) is 1. The van der Waals surface area contributed by atoms with Crippen molar-refractivity contribution in [2.45, 2.75) is 20.8 Å². The predicted molar refractivity (Wildman–Crippen MR) is 64.7 cm³/mol. The van der Waals surface area contributed by atoms with E-state index in [0.717, 1.165) is 11.3 Å². The number of aromatic nitrogens is 2. The van der Waals surface area contributed by atoms with E-state index in [4.69, 9.17) is 0 Å². The summed E-state index contributed by atoms with van der Waals surface area (Å²) in [4.78, 5) is 15.4. The minimum Gasteiger partial charge on any atom is -0.477 e. The minimum absolute atomic E-state index is 0.228. The van der Waals surface area contributed by atoms with Crippen LogP contribution in [0.25, 0.3) is 5.69 Å². The summed E-state index contributed by atoms with van der Waals surface area (Å²) >= 11 is 0. The van der Waals surface area contributed by atoms with Crippen LogP contribution in [0.3, 0.4) is 0 Å². The van der Waals surface area contributed by atoms with Crippen LogP contribution in [0.2, 0.25) is 0 Å². The molecule has 2 aromatic rings. The molecule has 0 amide bonds. The summed E-state index contributed by atoms with van der Waals surface area (Å²) in [5.74, 6) is -0.271. The number of nitrogens with zero attached hydrogens (tertiary/aromatic N) is 2. The average Bonchev–Trinajstić information content (AvgIpc) is 2.55. The standard InChI is InChI=1S/C13H14N2O2/c1-8-4-6-11(7-5-8)15-10(3)14-9(2)12(15)13(16)17/h4-7H,1-3H3,(H,16,17). The predicted octanol–water partition coefficient (Wildman–Crippen LogP) is 2.50. The highest BCUT2D eigenvalue weighted by Crippen LogP contribution is 2.18. The van der Waals surface area contributed by atoms with E-state index in [1.54, 1.807) is 18.4 Å². The molecule has 0 fully saturated rings. The number of benzene rings is 1. The van der Waals surface area contributed by atoms with Crippen LogP contribution in [0, 0.1) is 20.8 Å². The van der Waals surface area contributed by atoms with Crippen LogP contribution in [0.4, 0.5) is 0 Å². The van der Waals surface area contributed by atoms with E-state index < -0.39 is 5.97 Å². The zero-order valence-electron chi connectivity index (χ0n) is 10.1. The molecular weight excluding hydrogens is 216 g/mol. The van der Waals surface area contributed by atoms with Gasteiger partial charge in [0.1, 0.15) is 5.82 Å². The monoisotopic (exact) mass is 230 g/mol. The zero-order chi connectivity index (χ0) is 12.6. The molecule has 0 aliphatic heterocycles. The molecule has 0 unspecified atom stereocenters. The molecule has 0 radical (unpaired) electrons. The minimum atomic E-state index is -0.955. The second kappa shape index (κ2) is 4.05. The van der Waals surface area contributed by atoms with Crippen molar-refractivity contribution in [3.8, 4) is 5.69 Å². The fourth-order valence-corrected chi connectivity index (χ4v) is 1.93. The van der Waals surface area contributed by atoms with Crippen LogP contribution in [0.5, 0.6) is 0 Å². The third-order valence-corrected chi connectivity index (χ3v) is 2.71. The lowest BCUT2D eigenvalue weighted by Gasteiger charge is -2.08. The van der Waals surface area contributed by atoms with Crippen molar-refractivity contribution >= 4 is 5.97 Å². The van der Waals surface area contributed by atoms with Gasteiger partial charge in [0, 0.05) is 5.69 Å². The van der Waals surface area contributed by atoms with Crippen molar-refractivity contribution in [1.82, 2.24) is 9.55 Å². The number of aromatic carboxylic acids is 1. The molecule has 2 rings (SSSR count). The van der Waals surface area contributed by atoms with E-state index in [0.29, 0.717) is 11.5 Å². The number of imidazole rings is 1. The topological polar surface area (TPSA) is 55.1 Å². The Balaban J connectivity index is 2.66. The van der Waals surface area contributed by atoms with Gasteiger partial charge in [-0.05, 0) is 32.9 Å². The summed E-state index contributed by atoms with van der Waals surface area (Å²) in [5, 5.41) is 9.21. The molecule has 4 heteroatoms. The van der Waals surface area contributed by atoms with Crippen molar-refractivity contribution in [1.29, 1.82) is 0 Å². The van der Waals surface area contributed by atoms with E-state index in [1.165, 1.54) is 0 Å². The molecular formula is C13H14N2O2. The van der Waals surface area contributed by atoms with E-state index in [-0.39, 0.29) is 5.69 Å². The van der Waals surface area contributed by atoms with Gasteiger partial charge in [0.2, 0.25) is 0 Å². The second-order valence-corrected chi connectivity index (χ2v) is 4.07. The van der Waals surface area contributed by atoms with Gasteiger partial charge in [-0.25, -0.2) is 9.78 Å². The SMILES string of the molecule is Cc1ccc(-n2c(C)nc(C)c2C(=O)O)cc1. The summed E-state index contributed by atoms with van der Waals surface area (Å²) in [7, 11) is 0. The van der Waals surface area contributed by atoms with Gasteiger partial charge >= 0.3 is 5.97 Å². The number of hydrogen-bond donors (Lipinski definition) is 1. The van der Waals surface area contributed by atoms with Gasteiger partial charge in [0.05, 0.1) is 5.69 Å². The van der Waals surface area contributed by atoms with E-state index in [1.807, 2.05) is 31.2 Å². The van der Waals surface area contributed by atoms with Gasteiger partial charge in [0.15, 0.2) is 5.69 Å². The van der Waals surface area contributed by atoms with Crippen molar-refractivity contribution < 1.29 is 9.90 Å². The maximum absolute atomic E-state index is 11.2. The quantitative estimate of drug-likeness (QED) is 0.862. The molecule has 0 aliphatic carbocycles. The first-order valence-electron chi connectivity index (χ1n) is 5.37. The molecule has 1 aromatic carbocycles. The third kappa shape index (κ3) is 1.93. The van der Waals surface area contributed by atoms with Gasteiger partial charge in [-0.2, -0.15) is 0 Å². The second-order valence-electron chi connectivity index (χ2n) is 4.07. The summed E-state index contributed by atoms with van der Waals surface area (Å²) in [6.07, 6.45) is 0. The first kappa shape index (κ1) is 11.4. The van der Waals surface area contributed by atoms with E-state index >= 15 is 0 Å². The van der Waals surface area contributed by atoms with Gasteiger partial charge in [-0.15, -0.1) is 0 Å². The molecule has 4 nitrogen and oxygen atoms in total. The maximum atomic E-state index is 11.2. The van der Waals surface area contributed by atoms with Crippen molar-refractivity contribution in [2.75, 3.05) is 0 Å². The summed E-state index contributed by atoms with van der Waals surface area (Å²) in [5.41, 5.74) is 2.73. The summed E-state index contributed by atoms with van der Waals surface area (Å²) < 4.78 is 1.66. The number of aryl methyl sites for hydroxylation is 3. The molecule has 1 aromatic heterocycles. The Kier molecular flexibility index (Phi) is 2.71. The Hall–Kier alpha value is -2.10. The largest absolute Gasteiger partial charge is 0.477 e. The van der Waals surface area contributed by atoms with E-state index in [2.05, 4.69) is 4.98 Å². The molecule has 1 N–H and O–H groups in total. The van der Waals surface area contributed by atoms with Gasteiger partial charge in [-0.1, -0.05) is 17.7 Å². The van der Waals surface area contributed by atoms with Crippen molar-refractivity contribution in [2.24, 2.45) is 0 Å². The van der Waals surface area contributed by atoms with Crippen molar-refractivity contribution in [3.63, 3.8) is 0 Å². The Labute approximate surface area is 99.5 Å². The van der Waals surface area contributed by atoms with Crippen molar-refractivity contribution in [3.05, 3.63) is 47.0 Å². The number of carbonyl (C=O) groups is 1. The molecule has 0 atom stereocenters. The molecule has 0 spiro atoms. The Morgan fingerprint density at radius 2 is 1.76 bits per heavy atom. The Morgan fingerprint density at radius 3 is 2.29 bits per heavy atom. The fourth-order valence-electron chi connectivity index (χ4n) is 1.93.